The molecule has 0 bridgehead atoms. The minimum atomic E-state index is -3.42. The van der Waals surface area contributed by atoms with Crippen molar-refractivity contribution >= 4 is 20.0 Å². The van der Waals surface area contributed by atoms with Gasteiger partial charge in [-0.3, -0.25) is 0 Å². The van der Waals surface area contributed by atoms with Gasteiger partial charge in [-0.25, -0.2) is 25.9 Å². The molecule has 1 aliphatic carbocycles. The van der Waals surface area contributed by atoms with Crippen molar-refractivity contribution in [2.45, 2.75) is 36.5 Å². The Morgan fingerprint density at radius 1 is 1.13 bits per heavy atom. The fraction of sp³-hybridized carbons (Fsp3) is 0.600. The summed E-state index contributed by atoms with van der Waals surface area (Å²) in [5.41, 5.74) is 1.05. The molecule has 2 fully saturated rings. The van der Waals surface area contributed by atoms with Crippen LogP contribution in [0.4, 0.5) is 0 Å². The number of hydrogen-bond acceptors (Lipinski definition) is 4. The number of rotatable bonds is 5. The Morgan fingerprint density at radius 3 is 2.48 bits per heavy atom. The summed E-state index contributed by atoms with van der Waals surface area (Å²) in [6.07, 6.45) is 3.14. The molecule has 2 aliphatic rings. The van der Waals surface area contributed by atoms with E-state index in [0.29, 0.717) is 25.8 Å². The van der Waals surface area contributed by atoms with Crippen molar-refractivity contribution in [3.05, 3.63) is 35.9 Å². The summed E-state index contributed by atoms with van der Waals surface area (Å²) in [5.74, 6) is 0.0447. The maximum Gasteiger partial charge on any atom is 0.215 e. The van der Waals surface area contributed by atoms with E-state index in [1.165, 1.54) is 4.31 Å². The van der Waals surface area contributed by atoms with Crippen molar-refractivity contribution in [2.75, 3.05) is 19.3 Å². The van der Waals surface area contributed by atoms with E-state index in [0.717, 1.165) is 11.8 Å². The molecule has 8 heteroatoms. The molecule has 0 amide bonds. The zero-order valence-electron chi connectivity index (χ0n) is 13.1. The molecule has 1 saturated heterocycles. The summed E-state index contributed by atoms with van der Waals surface area (Å²) in [5, 5.41) is -0.404. The number of sulfonamides is 2. The van der Waals surface area contributed by atoms with E-state index in [1.54, 1.807) is 0 Å². The van der Waals surface area contributed by atoms with Crippen LogP contribution in [-0.4, -0.2) is 51.8 Å². The van der Waals surface area contributed by atoms with Gasteiger partial charge in [-0.1, -0.05) is 30.3 Å². The van der Waals surface area contributed by atoms with Crippen LogP contribution in [0.5, 0.6) is 0 Å². The lowest BCUT2D eigenvalue weighted by Gasteiger charge is -2.31. The first-order valence-electron chi connectivity index (χ1n) is 7.78. The molecule has 1 aromatic rings. The zero-order valence-corrected chi connectivity index (χ0v) is 14.7. The van der Waals surface area contributed by atoms with E-state index in [1.807, 2.05) is 30.3 Å². The molecular weight excluding hydrogens is 336 g/mol. The third kappa shape index (κ3) is 3.93. The molecule has 1 heterocycles. The summed E-state index contributed by atoms with van der Waals surface area (Å²) in [6, 6.07) is 9.31. The molecule has 3 atom stereocenters. The minimum Gasteiger partial charge on any atom is -0.213 e. The largest absolute Gasteiger partial charge is 0.215 e. The van der Waals surface area contributed by atoms with Gasteiger partial charge in [-0.2, -0.15) is 0 Å². The summed E-state index contributed by atoms with van der Waals surface area (Å²) in [6.45, 7) is 0.688. The molecule has 0 aromatic heterocycles. The van der Waals surface area contributed by atoms with E-state index >= 15 is 0 Å². The Morgan fingerprint density at radius 2 is 1.83 bits per heavy atom. The number of piperidine rings is 1. The van der Waals surface area contributed by atoms with Crippen LogP contribution in [0, 0.1) is 0 Å². The second-order valence-electron chi connectivity index (χ2n) is 6.41. The van der Waals surface area contributed by atoms with Crippen LogP contribution in [0.1, 0.15) is 30.7 Å². The molecule has 1 N–H and O–H groups in total. The Balaban J connectivity index is 1.64. The van der Waals surface area contributed by atoms with Gasteiger partial charge in [0.1, 0.15) is 0 Å². The topological polar surface area (TPSA) is 83.6 Å². The Hall–Kier alpha value is -0.960. The second kappa shape index (κ2) is 6.16. The number of hydrogen-bond donors (Lipinski definition) is 1. The average molecular weight is 358 g/mol. The van der Waals surface area contributed by atoms with Gasteiger partial charge >= 0.3 is 0 Å². The van der Waals surface area contributed by atoms with Crippen LogP contribution in [-0.2, 0) is 20.0 Å². The number of benzene rings is 1. The quantitative estimate of drug-likeness (QED) is 0.847. The maximum atomic E-state index is 12.5. The summed E-state index contributed by atoms with van der Waals surface area (Å²) in [7, 11) is -6.70. The summed E-state index contributed by atoms with van der Waals surface area (Å²) in [4.78, 5) is 0. The third-order valence-electron chi connectivity index (χ3n) is 4.54. The molecule has 0 spiro atoms. The Kier molecular flexibility index (Phi) is 4.52. The van der Waals surface area contributed by atoms with Gasteiger partial charge in [-0.05, 0) is 24.8 Å². The van der Waals surface area contributed by atoms with Crippen molar-refractivity contribution < 1.29 is 16.8 Å². The van der Waals surface area contributed by atoms with Crippen LogP contribution < -0.4 is 4.72 Å². The van der Waals surface area contributed by atoms with E-state index < -0.39 is 25.3 Å². The van der Waals surface area contributed by atoms with Crippen molar-refractivity contribution in [3.8, 4) is 0 Å². The fourth-order valence-corrected chi connectivity index (χ4v) is 6.02. The van der Waals surface area contributed by atoms with Crippen LogP contribution in [0.25, 0.3) is 0 Å². The van der Waals surface area contributed by atoms with Crippen molar-refractivity contribution in [3.63, 3.8) is 0 Å². The van der Waals surface area contributed by atoms with Crippen LogP contribution in [0.15, 0.2) is 30.3 Å². The number of nitrogens with one attached hydrogen (secondary N) is 1. The highest BCUT2D eigenvalue weighted by molar-refractivity contribution is 7.90. The van der Waals surface area contributed by atoms with Crippen molar-refractivity contribution in [1.82, 2.24) is 9.03 Å². The van der Waals surface area contributed by atoms with E-state index in [-0.39, 0.29) is 18.5 Å². The molecule has 1 unspecified atom stereocenters. The highest BCUT2D eigenvalue weighted by Crippen LogP contribution is 2.45. The molecule has 1 saturated carbocycles. The predicted octanol–water partition coefficient (Wildman–Crippen LogP) is 0.886. The van der Waals surface area contributed by atoms with Crippen LogP contribution in [0.3, 0.4) is 0 Å². The molecule has 128 valence electrons. The lowest BCUT2D eigenvalue weighted by atomic mass is 10.1. The first-order valence-corrected chi connectivity index (χ1v) is 11.2. The van der Waals surface area contributed by atoms with Gasteiger partial charge in [0.05, 0.1) is 11.5 Å². The van der Waals surface area contributed by atoms with Crippen LogP contribution in [0.2, 0.25) is 0 Å². The number of nitrogens with zero attached hydrogens (tertiary/aromatic N) is 1. The molecule has 6 nitrogen and oxygen atoms in total. The zero-order chi connectivity index (χ0) is 16.7. The second-order valence-corrected chi connectivity index (χ2v) is 10.3. The van der Waals surface area contributed by atoms with Crippen LogP contribution >= 0.6 is 0 Å². The van der Waals surface area contributed by atoms with Gasteiger partial charge < -0.3 is 0 Å². The van der Waals surface area contributed by atoms with E-state index in [4.69, 9.17) is 0 Å². The highest BCUT2D eigenvalue weighted by Gasteiger charge is 2.48. The molecule has 0 radical (unpaired) electrons. The Bertz CT molecular complexity index is 762. The molecular formula is C15H22N2O4S2. The van der Waals surface area contributed by atoms with Crippen molar-refractivity contribution in [2.24, 2.45) is 0 Å². The maximum absolute atomic E-state index is 12.5. The smallest absolute Gasteiger partial charge is 0.213 e. The third-order valence-corrected chi connectivity index (χ3v) is 7.79. The monoisotopic (exact) mass is 358 g/mol. The first-order chi connectivity index (χ1) is 10.8. The Labute approximate surface area is 138 Å². The lowest BCUT2D eigenvalue weighted by molar-refractivity contribution is 0.305. The highest BCUT2D eigenvalue weighted by atomic mass is 32.2. The van der Waals surface area contributed by atoms with Gasteiger partial charge in [0.2, 0.25) is 20.0 Å². The fourth-order valence-electron chi connectivity index (χ4n) is 3.23. The predicted molar refractivity (Wildman–Crippen MR) is 89.1 cm³/mol. The summed E-state index contributed by atoms with van der Waals surface area (Å²) < 4.78 is 52.4. The van der Waals surface area contributed by atoms with Gasteiger partial charge in [0.25, 0.3) is 0 Å². The normalized spacial score (nSPS) is 29.3. The minimum absolute atomic E-state index is 0.0447. The standard InChI is InChI=1S/C15H22N2O4S2/c1-22(18,19)17-9-5-8-13(11-17)16-23(20,21)15-10-14(15)12-6-3-2-4-7-12/h2-4,6-7,13-16H,5,8-11H2,1H3/t13?,14-,15+/m1/s1. The summed E-state index contributed by atoms with van der Waals surface area (Å²) >= 11 is 0. The van der Waals surface area contributed by atoms with Gasteiger partial charge in [0, 0.05) is 25.0 Å². The average Bonchev–Trinajstić information content (AvgIpc) is 3.28. The van der Waals surface area contributed by atoms with E-state index in [9.17, 15) is 16.8 Å². The van der Waals surface area contributed by atoms with Crippen molar-refractivity contribution in [1.29, 1.82) is 0 Å². The molecule has 23 heavy (non-hydrogen) atoms. The lowest BCUT2D eigenvalue weighted by Crippen LogP contribution is -2.50. The van der Waals surface area contributed by atoms with Gasteiger partial charge in [0.15, 0.2) is 0 Å². The van der Waals surface area contributed by atoms with E-state index in [2.05, 4.69) is 4.72 Å². The SMILES string of the molecule is CS(=O)(=O)N1CCCC(NS(=O)(=O)[C@H]2C[C@@H]2c2ccccc2)C1. The first kappa shape index (κ1) is 16.9. The van der Waals surface area contributed by atoms with Gasteiger partial charge in [-0.15, -0.1) is 0 Å². The molecule has 1 aliphatic heterocycles. The molecule has 1 aromatic carbocycles. The molecule has 3 rings (SSSR count).